The molecule has 0 atom stereocenters. The Hall–Kier alpha value is -2.37. The van der Waals surface area contributed by atoms with Crippen molar-refractivity contribution in [3.8, 4) is 5.95 Å². The van der Waals surface area contributed by atoms with Crippen LogP contribution in [0, 0.1) is 5.82 Å². The first-order chi connectivity index (χ1) is 7.84. The van der Waals surface area contributed by atoms with Crippen LogP contribution < -0.4 is 0 Å². The van der Waals surface area contributed by atoms with Gasteiger partial charge >= 0.3 is 0 Å². The quantitative estimate of drug-likeness (QED) is 0.614. The number of aromatic nitrogens is 5. The first-order valence-electron chi connectivity index (χ1n) is 4.59. The van der Waals surface area contributed by atoms with Crippen molar-refractivity contribution in [3.63, 3.8) is 0 Å². The maximum atomic E-state index is 12.7. The maximum Gasteiger partial charge on any atom is 0.235 e. The van der Waals surface area contributed by atoms with Crippen LogP contribution in [0.5, 0.6) is 0 Å². The maximum absolute atomic E-state index is 12.7. The van der Waals surface area contributed by atoms with Gasteiger partial charge in [-0.25, -0.2) is 19.3 Å². The van der Waals surface area contributed by atoms with Crippen molar-refractivity contribution in [1.82, 2.24) is 24.5 Å². The minimum atomic E-state index is -0.463. The van der Waals surface area contributed by atoms with Crippen molar-refractivity contribution < 1.29 is 4.39 Å². The van der Waals surface area contributed by atoms with Gasteiger partial charge in [-0.2, -0.15) is 0 Å². The molecular formula is C10H6FN5. The van der Waals surface area contributed by atoms with E-state index >= 15 is 0 Å². The zero-order valence-electron chi connectivity index (χ0n) is 8.08. The minimum absolute atomic E-state index is 0.384. The smallest absolute Gasteiger partial charge is 0.235 e. The summed E-state index contributed by atoms with van der Waals surface area (Å²) in [6, 6.07) is 1.80. The fraction of sp³-hybridized carbons (Fsp3) is 0. The summed E-state index contributed by atoms with van der Waals surface area (Å²) in [4.78, 5) is 15.9. The number of nitrogens with zero attached hydrogens (tertiary/aromatic N) is 5. The van der Waals surface area contributed by atoms with Gasteiger partial charge in [-0.3, -0.25) is 9.55 Å². The average molecular weight is 215 g/mol. The second-order valence-electron chi connectivity index (χ2n) is 3.18. The van der Waals surface area contributed by atoms with Crippen molar-refractivity contribution in [2.75, 3.05) is 0 Å². The molecule has 0 N–H and O–H groups in total. The SMILES string of the molecule is Fc1cnc(-n2cnc3cnccc32)nc1. The Balaban J connectivity index is 2.22. The highest BCUT2D eigenvalue weighted by Crippen LogP contribution is 2.13. The second kappa shape index (κ2) is 3.34. The summed E-state index contributed by atoms with van der Waals surface area (Å²) in [6.45, 7) is 0. The highest BCUT2D eigenvalue weighted by molar-refractivity contribution is 5.75. The third-order valence-corrected chi connectivity index (χ3v) is 2.17. The zero-order chi connectivity index (χ0) is 11.0. The molecule has 0 saturated heterocycles. The van der Waals surface area contributed by atoms with E-state index in [9.17, 15) is 4.39 Å². The van der Waals surface area contributed by atoms with Gasteiger partial charge in [0.25, 0.3) is 0 Å². The number of imidazole rings is 1. The number of pyridine rings is 1. The molecule has 6 heteroatoms. The van der Waals surface area contributed by atoms with Crippen molar-refractivity contribution in [1.29, 1.82) is 0 Å². The third kappa shape index (κ3) is 1.31. The number of fused-ring (bicyclic) bond motifs is 1. The van der Waals surface area contributed by atoms with E-state index in [2.05, 4.69) is 19.9 Å². The highest BCUT2D eigenvalue weighted by atomic mass is 19.1. The molecule has 0 spiro atoms. The Morgan fingerprint density at radius 2 is 1.88 bits per heavy atom. The van der Waals surface area contributed by atoms with Gasteiger partial charge < -0.3 is 0 Å². The van der Waals surface area contributed by atoms with Crippen LogP contribution in [0.4, 0.5) is 4.39 Å². The van der Waals surface area contributed by atoms with Crippen molar-refractivity contribution >= 4 is 11.0 Å². The number of hydrogen-bond acceptors (Lipinski definition) is 4. The van der Waals surface area contributed by atoms with E-state index in [1.807, 2.05) is 0 Å². The molecule has 3 heterocycles. The lowest BCUT2D eigenvalue weighted by Crippen LogP contribution is -1.99. The molecule has 0 saturated carbocycles. The zero-order valence-corrected chi connectivity index (χ0v) is 8.08. The molecular weight excluding hydrogens is 209 g/mol. The van der Waals surface area contributed by atoms with E-state index < -0.39 is 5.82 Å². The summed E-state index contributed by atoms with van der Waals surface area (Å²) >= 11 is 0. The molecule has 0 radical (unpaired) electrons. The van der Waals surface area contributed by atoms with Gasteiger partial charge in [-0.05, 0) is 6.07 Å². The van der Waals surface area contributed by atoms with Crippen LogP contribution in [0.2, 0.25) is 0 Å². The molecule has 0 aliphatic carbocycles. The molecule has 3 rings (SSSR count). The van der Waals surface area contributed by atoms with Gasteiger partial charge in [0.15, 0.2) is 5.82 Å². The van der Waals surface area contributed by atoms with Gasteiger partial charge in [0.1, 0.15) is 11.8 Å². The summed E-state index contributed by atoms with van der Waals surface area (Å²) in [5.41, 5.74) is 1.58. The molecule has 0 bridgehead atoms. The fourth-order valence-corrected chi connectivity index (χ4v) is 1.45. The van der Waals surface area contributed by atoms with E-state index in [-0.39, 0.29) is 0 Å². The molecule has 16 heavy (non-hydrogen) atoms. The molecule has 3 aromatic heterocycles. The van der Waals surface area contributed by atoms with Crippen LogP contribution in [-0.2, 0) is 0 Å². The Morgan fingerprint density at radius 3 is 2.69 bits per heavy atom. The molecule has 78 valence electrons. The van der Waals surface area contributed by atoms with Gasteiger partial charge in [-0.1, -0.05) is 0 Å². The lowest BCUT2D eigenvalue weighted by atomic mass is 10.4. The standard InChI is InChI=1S/C10H6FN5/c11-7-3-13-10(14-4-7)16-6-15-8-5-12-2-1-9(8)16/h1-6H. The van der Waals surface area contributed by atoms with E-state index in [1.165, 1.54) is 0 Å². The normalized spacial score (nSPS) is 10.8. The number of halogens is 1. The van der Waals surface area contributed by atoms with Gasteiger partial charge in [0.2, 0.25) is 5.95 Å². The van der Waals surface area contributed by atoms with Gasteiger partial charge in [-0.15, -0.1) is 0 Å². The third-order valence-electron chi connectivity index (χ3n) is 2.17. The van der Waals surface area contributed by atoms with Crippen LogP contribution in [-0.4, -0.2) is 24.5 Å². The van der Waals surface area contributed by atoms with Crippen LogP contribution >= 0.6 is 0 Å². The largest absolute Gasteiger partial charge is 0.267 e. The molecule has 0 aromatic carbocycles. The Morgan fingerprint density at radius 1 is 1.06 bits per heavy atom. The van der Waals surface area contributed by atoms with Gasteiger partial charge in [0, 0.05) is 6.20 Å². The Kier molecular flexibility index (Phi) is 1.86. The lowest BCUT2D eigenvalue weighted by Gasteiger charge is -2.00. The topological polar surface area (TPSA) is 56.5 Å². The van der Waals surface area contributed by atoms with E-state index in [0.717, 1.165) is 23.4 Å². The summed E-state index contributed by atoms with van der Waals surface area (Å²) in [5, 5.41) is 0. The number of hydrogen-bond donors (Lipinski definition) is 0. The van der Waals surface area contributed by atoms with Crippen LogP contribution in [0.25, 0.3) is 17.0 Å². The summed E-state index contributed by atoms with van der Waals surface area (Å²) in [6.07, 6.45) is 7.13. The summed E-state index contributed by atoms with van der Waals surface area (Å²) < 4.78 is 14.4. The van der Waals surface area contributed by atoms with E-state index in [0.29, 0.717) is 5.95 Å². The Labute approximate surface area is 89.6 Å². The van der Waals surface area contributed by atoms with E-state index in [1.54, 1.807) is 29.4 Å². The molecule has 5 nitrogen and oxygen atoms in total. The van der Waals surface area contributed by atoms with Crippen molar-refractivity contribution in [3.05, 3.63) is 43.0 Å². The highest BCUT2D eigenvalue weighted by Gasteiger charge is 2.06. The first kappa shape index (κ1) is 8.90. The van der Waals surface area contributed by atoms with Crippen LogP contribution in [0.15, 0.2) is 37.2 Å². The van der Waals surface area contributed by atoms with Crippen LogP contribution in [0.3, 0.4) is 0 Å². The number of rotatable bonds is 1. The molecule has 0 unspecified atom stereocenters. The Bertz CT molecular complexity index is 631. The first-order valence-corrected chi connectivity index (χ1v) is 4.59. The van der Waals surface area contributed by atoms with Crippen molar-refractivity contribution in [2.45, 2.75) is 0 Å². The van der Waals surface area contributed by atoms with E-state index in [4.69, 9.17) is 0 Å². The predicted molar refractivity (Wildman–Crippen MR) is 54.4 cm³/mol. The molecule has 0 fully saturated rings. The van der Waals surface area contributed by atoms with Gasteiger partial charge in [0.05, 0.1) is 24.1 Å². The molecule has 3 aromatic rings. The summed E-state index contributed by atoms with van der Waals surface area (Å²) in [7, 11) is 0. The summed E-state index contributed by atoms with van der Waals surface area (Å²) in [5.74, 6) is -0.0788. The molecule has 0 amide bonds. The van der Waals surface area contributed by atoms with Crippen LogP contribution in [0.1, 0.15) is 0 Å². The molecule has 0 aliphatic heterocycles. The lowest BCUT2D eigenvalue weighted by molar-refractivity contribution is 0.611. The minimum Gasteiger partial charge on any atom is -0.267 e. The average Bonchev–Trinajstić information content (AvgIpc) is 2.74. The fourth-order valence-electron chi connectivity index (χ4n) is 1.45. The predicted octanol–water partition coefficient (Wildman–Crippen LogP) is 1.35. The monoisotopic (exact) mass is 215 g/mol. The second-order valence-corrected chi connectivity index (χ2v) is 3.18. The molecule has 0 aliphatic rings. The van der Waals surface area contributed by atoms with Crippen molar-refractivity contribution in [2.24, 2.45) is 0 Å².